The SMILES string of the molecule is COC1(COc2ccc(C)cc2)CCCN(Cc2cccc(OCCCn3ccnc3C)c2)CC1. The number of aromatic nitrogens is 2. The number of likely N-dealkylation sites (tertiary alicyclic amines) is 1. The second-order valence-corrected chi connectivity index (χ2v) is 9.64. The minimum absolute atomic E-state index is 0.238. The summed E-state index contributed by atoms with van der Waals surface area (Å²) in [6.45, 7) is 9.29. The van der Waals surface area contributed by atoms with Crippen LogP contribution in [-0.2, 0) is 17.8 Å². The van der Waals surface area contributed by atoms with E-state index in [4.69, 9.17) is 14.2 Å². The number of nitrogens with zero attached hydrogens (tertiary/aromatic N) is 3. The van der Waals surface area contributed by atoms with Crippen molar-refractivity contribution in [1.82, 2.24) is 14.5 Å². The van der Waals surface area contributed by atoms with Crippen molar-refractivity contribution in [2.24, 2.45) is 0 Å². The number of methoxy groups -OCH3 is 1. The molecule has 1 aromatic heterocycles. The molecule has 0 aliphatic carbocycles. The molecule has 1 atom stereocenters. The highest BCUT2D eigenvalue weighted by atomic mass is 16.5. The second-order valence-electron chi connectivity index (χ2n) is 9.64. The molecule has 1 unspecified atom stereocenters. The van der Waals surface area contributed by atoms with Crippen molar-refractivity contribution in [3.05, 3.63) is 77.9 Å². The first-order valence-corrected chi connectivity index (χ1v) is 12.7. The molecule has 0 radical (unpaired) electrons. The number of ether oxygens (including phenoxy) is 3. The molecule has 2 aromatic carbocycles. The van der Waals surface area contributed by atoms with Crippen molar-refractivity contribution >= 4 is 0 Å². The quantitative estimate of drug-likeness (QED) is 0.345. The highest BCUT2D eigenvalue weighted by molar-refractivity contribution is 5.28. The summed E-state index contributed by atoms with van der Waals surface area (Å²) in [6, 6.07) is 16.8. The van der Waals surface area contributed by atoms with E-state index in [-0.39, 0.29) is 5.60 Å². The van der Waals surface area contributed by atoms with E-state index in [1.807, 2.05) is 44.6 Å². The van der Waals surface area contributed by atoms with Crippen molar-refractivity contribution < 1.29 is 14.2 Å². The van der Waals surface area contributed by atoms with E-state index in [1.54, 1.807) is 0 Å². The lowest BCUT2D eigenvalue weighted by Gasteiger charge is -2.31. The van der Waals surface area contributed by atoms with Crippen LogP contribution in [0.25, 0.3) is 0 Å². The van der Waals surface area contributed by atoms with Crippen molar-refractivity contribution in [3.8, 4) is 11.5 Å². The molecule has 0 N–H and O–H groups in total. The number of hydrogen-bond acceptors (Lipinski definition) is 5. The third-order valence-corrected chi connectivity index (χ3v) is 6.99. The van der Waals surface area contributed by atoms with Crippen LogP contribution in [0.15, 0.2) is 60.9 Å². The van der Waals surface area contributed by atoms with E-state index in [1.165, 1.54) is 11.1 Å². The van der Waals surface area contributed by atoms with Crippen LogP contribution in [-0.4, -0.2) is 53.5 Å². The molecule has 2 heterocycles. The number of benzene rings is 2. The molecule has 35 heavy (non-hydrogen) atoms. The van der Waals surface area contributed by atoms with Gasteiger partial charge in [-0.25, -0.2) is 4.98 Å². The summed E-state index contributed by atoms with van der Waals surface area (Å²) in [7, 11) is 1.82. The van der Waals surface area contributed by atoms with Gasteiger partial charge in [-0.1, -0.05) is 29.8 Å². The largest absolute Gasteiger partial charge is 0.494 e. The predicted octanol–water partition coefficient (Wildman–Crippen LogP) is 5.42. The van der Waals surface area contributed by atoms with Gasteiger partial charge in [-0.05, 0) is 75.9 Å². The van der Waals surface area contributed by atoms with Gasteiger partial charge in [-0.3, -0.25) is 4.90 Å². The fourth-order valence-electron chi connectivity index (χ4n) is 4.70. The lowest BCUT2D eigenvalue weighted by atomic mass is 9.95. The van der Waals surface area contributed by atoms with Crippen molar-refractivity contribution in [3.63, 3.8) is 0 Å². The molecular formula is C29H39N3O3. The molecule has 1 aliphatic heterocycles. The second kappa shape index (κ2) is 12.2. The van der Waals surface area contributed by atoms with Crippen molar-refractivity contribution in [1.29, 1.82) is 0 Å². The molecule has 3 aromatic rings. The summed E-state index contributed by atoms with van der Waals surface area (Å²) in [6.07, 6.45) is 7.87. The highest BCUT2D eigenvalue weighted by Gasteiger charge is 2.33. The number of imidazole rings is 1. The van der Waals surface area contributed by atoms with Gasteiger partial charge in [0.1, 0.15) is 29.5 Å². The summed E-state index contributed by atoms with van der Waals surface area (Å²) in [5.41, 5.74) is 2.29. The van der Waals surface area contributed by atoms with Gasteiger partial charge in [0.15, 0.2) is 0 Å². The molecular weight excluding hydrogens is 438 g/mol. The molecule has 1 aliphatic rings. The smallest absolute Gasteiger partial charge is 0.119 e. The van der Waals surface area contributed by atoms with Gasteiger partial charge in [0.2, 0.25) is 0 Å². The maximum absolute atomic E-state index is 6.13. The Hall–Kier alpha value is -2.83. The van der Waals surface area contributed by atoms with E-state index in [0.29, 0.717) is 13.2 Å². The first-order chi connectivity index (χ1) is 17.0. The maximum atomic E-state index is 6.13. The van der Waals surface area contributed by atoms with Crippen LogP contribution in [0.2, 0.25) is 0 Å². The molecule has 4 rings (SSSR count). The summed E-state index contributed by atoms with van der Waals surface area (Å²) >= 11 is 0. The minimum Gasteiger partial charge on any atom is -0.494 e. The third kappa shape index (κ3) is 7.33. The number of rotatable bonds is 11. The minimum atomic E-state index is -0.238. The van der Waals surface area contributed by atoms with Gasteiger partial charge in [0, 0.05) is 39.1 Å². The fourth-order valence-corrected chi connectivity index (χ4v) is 4.70. The highest BCUT2D eigenvalue weighted by Crippen LogP contribution is 2.28. The zero-order chi connectivity index (χ0) is 24.5. The van der Waals surface area contributed by atoms with Gasteiger partial charge in [0.25, 0.3) is 0 Å². The molecule has 188 valence electrons. The molecule has 1 saturated heterocycles. The Kier molecular flexibility index (Phi) is 8.83. The third-order valence-electron chi connectivity index (χ3n) is 6.99. The summed E-state index contributed by atoms with van der Waals surface area (Å²) in [5.74, 6) is 2.89. The summed E-state index contributed by atoms with van der Waals surface area (Å²) < 4.78 is 20.4. The molecule has 6 heteroatoms. The standard InChI is InChI=1S/C29H39N3O3/c1-24-9-11-27(12-10-24)35-23-29(33-3)13-5-16-31(18-14-29)22-26-7-4-8-28(21-26)34-20-6-17-32-19-15-30-25(32)2/h4,7-12,15,19,21H,5-6,13-14,16-18,20,22-23H2,1-3H3. The Labute approximate surface area is 209 Å². The van der Waals surface area contributed by atoms with E-state index in [9.17, 15) is 0 Å². The molecule has 1 fully saturated rings. The Morgan fingerprint density at radius 3 is 2.60 bits per heavy atom. The lowest BCUT2D eigenvalue weighted by Crippen LogP contribution is -2.39. The van der Waals surface area contributed by atoms with Gasteiger partial charge in [-0.2, -0.15) is 0 Å². The average molecular weight is 478 g/mol. The van der Waals surface area contributed by atoms with Crippen molar-refractivity contribution in [2.75, 3.05) is 33.4 Å². The van der Waals surface area contributed by atoms with Crippen LogP contribution in [0.5, 0.6) is 11.5 Å². The number of aryl methyl sites for hydroxylation is 3. The first kappa shape index (κ1) is 25.3. The summed E-state index contributed by atoms with van der Waals surface area (Å²) in [5, 5.41) is 0. The van der Waals surface area contributed by atoms with Crippen LogP contribution >= 0.6 is 0 Å². The van der Waals surface area contributed by atoms with Crippen molar-refractivity contribution in [2.45, 2.75) is 58.2 Å². The molecule has 0 saturated carbocycles. The van der Waals surface area contributed by atoms with Crippen LogP contribution < -0.4 is 9.47 Å². The van der Waals surface area contributed by atoms with E-state index in [2.05, 4.69) is 51.7 Å². The zero-order valence-corrected chi connectivity index (χ0v) is 21.4. The fraction of sp³-hybridized carbons (Fsp3) is 0.483. The van der Waals surface area contributed by atoms with Gasteiger partial charge < -0.3 is 18.8 Å². The van der Waals surface area contributed by atoms with Crippen LogP contribution in [0, 0.1) is 13.8 Å². The van der Waals surface area contributed by atoms with Crippen LogP contribution in [0.3, 0.4) is 0 Å². The normalized spacial score (nSPS) is 18.8. The van der Waals surface area contributed by atoms with E-state index < -0.39 is 0 Å². The Morgan fingerprint density at radius 2 is 1.83 bits per heavy atom. The average Bonchev–Trinajstić information content (AvgIpc) is 3.17. The van der Waals surface area contributed by atoms with Gasteiger partial charge >= 0.3 is 0 Å². The topological polar surface area (TPSA) is 48.8 Å². The van der Waals surface area contributed by atoms with Gasteiger partial charge in [0.05, 0.1) is 6.61 Å². The van der Waals surface area contributed by atoms with Crippen LogP contribution in [0.4, 0.5) is 0 Å². The van der Waals surface area contributed by atoms with Gasteiger partial charge in [-0.15, -0.1) is 0 Å². The number of hydrogen-bond donors (Lipinski definition) is 0. The Bertz CT molecular complexity index is 1050. The lowest BCUT2D eigenvalue weighted by molar-refractivity contribution is -0.0541. The Balaban J connectivity index is 1.25. The monoisotopic (exact) mass is 477 g/mol. The molecule has 0 bridgehead atoms. The first-order valence-electron chi connectivity index (χ1n) is 12.7. The summed E-state index contributed by atoms with van der Waals surface area (Å²) in [4.78, 5) is 6.79. The van der Waals surface area contributed by atoms with Crippen LogP contribution in [0.1, 0.15) is 42.6 Å². The van der Waals surface area contributed by atoms with E-state index >= 15 is 0 Å². The zero-order valence-electron chi connectivity index (χ0n) is 21.4. The van der Waals surface area contributed by atoms with E-state index in [0.717, 1.165) is 69.2 Å². The predicted molar refractivity (Wildman–Crippen MR) is 139 cm³/mol. The molecule has 6 nitrogen and oxygen atoms in total. The maximum Gasteiger partial charge on any atom is 0.119 e. The molecule has 0 amide bonds. The molecule has 0 spiro atoms. The Morgan fingerprint density at radius 1 is 0.971 bits per heavy atom.